The Morgan fingerprint density at radius 2 is 2.04 bits per heavy atom. The first-order valence-electron chi connectivity index (χ1n) is 7.94. The van der Waals surface area contributed by atoms with Gasteiger partial charge in [-0.3, -0.25) is 15.2 Å². The Morgan fingerprint density at radius 3 is 2.73 bits per heavy atom. The van der Waals surface area contributed by atoms with Gasteiger partial charge in [-0.25, -0.2) is 9.78 Å². The molecule has 0 aliphatic carbocycles. The summed E-state index contributed by atoms with van der Waals surface area (Å²) in [5.41, 5.74) is 1.32. The molecule has 0 aliphatic rings. The van der Waals surface area contributed by atoms with Gasteiger partial charge in [0.2, 0.25) is 0 Å². The summed E-state index contributed by atoms with van der Waals surface area (Å²) in [6.45, 7) is 6.88. The lowest BCUT2D eigenvalue weighted by Gasteiger charge is -2.19. The van der Waals surface area contributed by atoms with Crippen LogP contribution in [0.25, 0.3) is 10.3 Å². The average molecular weight is 373 g/mol. The van der Waals surface area contributed by atoms with Gasteiger partial charge in [-0.15, -0.1) is 0 Å². The molecule has 0 spiro atoms. The second-order valence-corrected chi connectivity index (χ2v) is 7.66. The molecule has 1 aromatic carbocycles. The Labute approximate surface area is 154 Å². The van der Waals surface area contributed by atoms with E-state index in [1.807, 2.05) is 6.07 Å². The van der Waals surface area contributed by atoms with Crippen LogP contribution in [0.4, 0.5) is 21.4 Å². The summed E-state index contributed by atoms with van der Waals surface area (Å²) in [6, 6.07) is 7.17. The molecule has 2 aromatic heterocycles. The Morgan fingerprint density at radius 1 is 1.27 bits per heavy atom. The molecule has 3 N–H and O–H groups in total. The number of hydrogen-bond acceptors (Lipinski definition) is 7. The minimum absolute atomic E-state index is 0.00655. The number of aromatic amines is 1. The predicted octanol–water partition coefficient (Wildman–Crippen LogP) is 4.31. The van der Waals surface area contributed by atoms with Gasteiger partial charge in [0.25, 0.3) is 0 Å². The van der Waals surface area contributed by atoms with Gasteiger partial charge in [0, 0.05) is 11.3 Å². The van der Waals surface area contributed by atoms with Gasteiger partial charge >= 0.3 is 6.09 Å². The van der Waals surface area contributed by atoms with Gasteiger partial charge in [0.05, 0.1) is 0 Å². The molecule has 0 aliphatic heterocycles. The van der Waals surface area contributed by atoms with Crippen molar-refractivity contribution in [3.63, 3.8) is 0 Å². The molecule has 8 nitrogen and oxygen atoms in total. The fourth-order valence-corrected chi connectivity index (χ4v) is 3.07. The van der Waals surface area contributed by atoms with Crippen LogP contribution in [-0.4, -0.2) is 32.7 Å². The summed E-state index contributed by atoms with van der Waals surface area (Å²) in [7, 11) is 0. The van der Waals surface area contributed by atoms with Crippen molar-refractivity contribution in [2.24, 2.45) is 0 Å². The maximum Gasteiger partial charge on any atom is 0.413 e. The van der Waals surface area contributed by atoms with Crippen molar-refractivity contribution in [1.29, 1.82) is 0 Å². The maximum atomic E-state index is 11.9. The zero-order valence-corrected chi connectivity index (χ0v) is 15.7. The van der Waals surface area contributed by atoms with Crippen molar-refractivity contribution in [3.05, 3.63) is 29.8 Å². The van der Waals surface area contributed by atoms with Crippen LogP contribution in [0.2, 0.25) is 0 Å². The molecule has 3 rings (SSSR count). The van der Waals surface area contributed by atoms with E-state index in [0.29, 0.717) is 26.9 Å². The van der Waals surface area contributed by atoms with E-state index in [1.54, 1.807) is 39.0 Å². The van der Waals surface area contributed by atoms with Gasteiger partial charge in [-0.1, -0.05) is 23.5 Å². The van der Waals surface area contributed by atoms with E-state index in [4.69, 9.17) is 4.74 Å². The standard InChI is InChI=1S/C17H19N5O3S/c1-9(23)10-6-5-7-11(8-10)18-15-19-13-12(26-15)14(22-21-13)20-16(24)25-17(2,3)4/h5-8H,1-4H3,(H3,18,19,20,21,22,24). The van der Waals surface area contributed by atoms with E-state index >= 15 is 0 Å². The summed E-state index contributed by atoms with van der Waals surface area (Å²) < 4.78 is 5.93. The third-order valence-corrected chi connectivity index (χ3v) is 4.23. The minimum Gasteiger partial charge on any atom is -0.444 e. The molecule has 3 aromatic rings. The molecule has 0 saturated carbocycles. The normalized spacial score (nSPS) is 11.4. The van der Waals surface area contributed by atoms with Gasteiger partial charge in [-0.2, -0.15) is 5.10 Å². The van der Waals surface area contributed by atoms with Crippen LogP contribution >= 0.6 is 11.3 Å². The van der Waals surface area contributed by atoms with Gasteiger partial charge in [0.1, 0.15) is 10.3 Å². The fraction of sp³-hybridized carbons (Fsp3) is 0.294. The number of aromatic nitrogens is 3. The summed E-state index contributed by atoms with van der Waals surface area (Å²) in [4.78, 5) is 27.8. The lowest BCUT2D eigenvalue weighted by Crippen LogP contribution is -2.27. The molecule has 0 bridgehead atoms. The first-order chi connectivity index (χ1) is 12.2. The number of nitrogens with zero attached hydrogens (tertiary/aromatic N) is 2. The van der Waals surface area contributed by atoms with Gasteiger partial charge in [-0.05, 0) is 39.8 Å². The smallest absolute Gasteiger partial charge is 0.413 e. The Hall–Kier alpha value is -2.94. The quantitative estimate of drug-likeness (QED) is 0.588. The number of ketones is 1. The van der Waals surface area contributed by atoms with Crippen molar-refractivity contribution in [2.45, 2.75) is 33.3 Å². The molecule has 9 heteroatoms. The van der Waals surface area contributed by atoms with Gasteiger partial charge < -0.3 is 10.1 Å². The van der Waals surface area contributed by atoms with E-state index in [2.05, 4.69) is 25.8 Å². The average Bonchev–Trinajstić information content (AvgIpc) is 3.07. The predicted molar refractivity (Wildman–Crippen MR) is 101 cm³/mol. The lowest BCUT2D eigenvalue weighted by molar-refractivity contribution is 0.0635. The first kappa shape index (κ1) is 17.9. The van der Waals surface area contributed by atoms with Crippen LogP contribution in [-0.2, 0) is 4.74 Å². The Balaban J connectivity index is 1.78. The van der Waals surface area contributed by atoms with Crippen LogP contribution in [0.15, 0.2) is 24.3 Å². The van der Waals surface area contributed by atoms with Crippen molar-refractivity contribution < 1.29 is 14.3 Å². The number of benzene rings is 1. The second-order valence-electron chi connectivity index (χ2n) is 6.66. The highest BCUT2D eigenvalue weighted by Gasteiger charge is 2.19. The molecule has 26 heavy (non-hydrogen) atoms. The number of nitrogens with one attached hydrogen (secondary N) is 3. The Kier molecular flexibility index (Phi) is 4.64. The van der Waals surface area contributed by atoms with E-state index < -0.39 is 11.7 Å². The monoisotopic (exact) mass is 373 g/mol. The van der Waals surface area contributed by atoms with Gasteiger partial charge in [0.15, 0.2) is 22.4 Å². The highest BCUT2D eigenvalue weighted by atomic mass is 32.1. The molecule has 1 amide bonds. The third-order valence-electron chi connectivity index (χ3n) is 3.26. The number of Topliss-reactive ketones (excluding diaryl/α,β-unsaturated/α-hetero) is 1. The van der Waals surface area contributed by atoms with E-state index in [1.165, 1.54) is 18.3 Å². The van der Waals surface area contributed by atoms with Crippen molar-refractivity contribution in [3.8, 4) is 0 Å². The second kappa shape index (κ2) is 6.75. The molecular weight excluding hydrogens is 354 g/mol. The Bertz CT molecular complexity index is 970. The van der Waals surface area contributed by atoms with E-state index in [0.717, 1.165) is 5.69 Å². The SMILES string of the molecule is CC(=O)c1cccc(Nc2nc3[nH]nc(NC(=O)OC(C)(C)C)c3s2)c1. The molecule has 0 saturated heterocycles. The fourth-order valence-electron chi connectivity index (χ4n) is 2.19. The number of ether oxygens (including phenoxy) is 1. The largest absolute Gasteiger partial charge is 0.444 e. The number of rotatable bonds is 4. The molecule has 0 atom stereocenters. The zero-order valence-electron chi connectivity index (χ0n) is 14.8. The number of anilines is 3. The maximum absolute atomic E-state index is 11.9. The van der Waals surface area contributed by atoms with Crippen LogP contribution < -0.4 is 10.6 Å². The number of hydrogen-bond donors (Lipinski definition) is 3. The summed E-state index contributed by atoms with van der Waals surface area (Å²) in [5, 5.41) is 13.2. The van der Waals surface area contributed by atoms with Crippen LogP contribution in [0.5, 0.6) is 0 Å². The third kappa shape index (κ3) is 4.17. The van der Waals surface area contributed by atoms with E-state index in [9.17, 15) is 9.59 Å². The summed E-state index contributed by atoms with van der Waals surface area (Å²) in [5.74, 6) is 0.352. The number of fused-ring (bicyclic) bond motifs is 1. The molecule has 0 fully saturated rings. The molecular formula is C17H19N5O3S. The van der Waals surface area contributed by atoms with E-state index in [-0.39, 0.29) is 5.78 Å². The van der Waals surface area contributed by atoms with Crippen LogP contribution in [0.3, 0.4) is 0 Å². The van der Waals surface area contributed by atoms with Crippen molar-refractivity contribution in [2.75, 3.05) is 10.6 Å². The number of amides is 1. The molecule has 136 valence electrons. The molecule has 0 unspecified atom stereocenters. The van der Waals surface area contributed by atoms with Crippen LogP contribution in [0, 0.1) is 0 Å². The lowest BCUT2D eigenvalue weighted by atomic mass is 10.1. The number of carbonyl (C=O) groups is 2. The number of H-pyrrole nitrogens is 1. The zero-order chi connectivity index (χ0) is 18.9. The highest BCUT2D eigenvalue weighted by molar-refractivity contribution is 7.22. The highest BCUT2D eigenvalue weighted by Crippen LogP contribution is 2.32. The summed E-state index contributed by atoms with van der Waals surface area (Å²) >= 11 is 1.33. The topological polar surface area (TPSA) is 109 Å². The minimum atomic E-state index is -0.596. The summed E-state index contributed by atoms with van der Waals surface area (Å²) in [6.07, 6.45) is -0.581. The molecule has 2 heterocycles. The van der Waals surface area contributed by atoms with Crippen LogP contribution in [0.1, 0.15) is 38.1 Å². The van der Waals surface area contributed by atoms with Crippen molar-refractivity contribution >= 4 is 50.2 Å². The first-order valence-corrected chi connectivity index (χ1v) is 8.76. The molecule has 0 radical (unpaired) electrons. The van der Waals surface area contributed by atoms with Crippen molar-refractivity contribution in [1.82, 2.24) is 15.2 Å². The number of carbonyl (C=O) groups excluding carboxylic acids is 2. The number of thiazole rings is 1.